The Balaban J connectivity index is 2.17. The van der Waals surface area contributed by atoms with Gasteiger partial charge < -0.3 is 4.74 Å². The summed E-state index contributed by atoms with van der Waals surface area (Å²) in [5, 5.41) is 1.74. The second-order valence-electron chi connectivity index (χ2n) is 2.76. The Hall–Kier alpha value is -1.16. The summed E-state index contributed by atoms with van der Waals surface area (Å²) in [5.41, 5.74) is 2.13. The van der Waals surface area contributed by atoms with Crippen LogP contribution in [-0.2, 0) is 4.74 Å². The zero-order valence-electron chi connectivity index (χ0n) is 7.03. The molecule has 0 bridgehead atoms. The van der Waals surface area contributed by atoms with Crippen molar-refractivity contribution >= 4 is 17.1 Å². The summed E-state index contributed by atoms with van der Waals surface area (Å²) in [6.07, 6.45) is 3.75. The number of hydrogen-bond acceptors (Lipinski definition) is 4. The largest absolute Gasteiger partial charge is 0.490 e. The van der Waals surface area contributed by atoms with E-state index in [0.717, 1.165) is 12.8 Å². The maximum atomic E-state index is 11.6. The number of thiazole rings is 1. The van der Waals surface area contributed by atoms with Gasteiger partial charge in [0.05, 0.1) is 12.1 Å². The van der Waals surface area contributed by atoms with Crippen LogP contribution in [0.25, 0.3) is 0 Å². The second-order valence-corrected chi connectivity index (χ2v) is 3.48. The van der Waals surface area contributed by atoms with Crippen LogP contribution in [0.5, 0.6) is 0 Å². The quantitative estimate of drug-likeness (QED) is 0.678. The summed E-state index contributed by atoms with van der Waals surface area (Å²) in [6, 6.07) is 0. The van der Waals surface area contributed by atoms with E-state index in [0.29, 0.717) is 18.1 Å². The van der Waals surface area contributed by atoms with E-state index in [2.05, 4.69) is 4.98 Å². The Labute approximate surface area is 80.1 Å². The molecule has 0 fully saturated rings. The van der Waals surface area contributed by atoms with Crippen molar-refractivity contribution < 1.29 is 9.53 Å². The lowest BCUT2D eigenvalue weighted by Crippen LogP contribution is -2.11. The molecule has 0 N–H and O–H groups in total. The normalized spacial score (nSPS) is 16.2. The fraction of sp³-hybridized carbons (Fsp3) is 0.333. The van der Waals surface area contributed by atoms with Gasteiger partial charge in [-0.15, -0.1) is 11.3 Å². The number of rotatable bonds is 2. The van der Waals surface area contributed by atoms with E-state index >= 15 is 0 Å². The molecule has 0 spiro atoms. The highest BCUT2D eigenvalue weighted by Gasteiger charge is 2.17. The predicted molar refractivity (Wildman–Crippen MR) is 49.7 cm³/mol. The van der Waals surface area contributed by atoms with Crippen molar-refractivity contribution in [1.29, 1.82) is 0 Å². The number of carbonyl (C=O) groups excluding carboxylic acids is 1. The molecule has 3 nitrogen and oxygen atoms in total. The van der Waals surface area contributed by atoms with Crippen LogP contribution >= 0.6 is 11.3 Å². The molecule has 0 radical (unpaired) electrons. The topological polar surface area (TPSA) is 39.2 Å². The van der Waals surface area contributed by atoms with Crippen LogP contribution in [0, 0.1) is 0 Å². The van der Waals surface area contributed by atoms with Crippen molar-refractivity contribution in [3.8, 4) is 0 Å². The molecule has 0 unspecified atom stereocenters. The number of carbonyl (C=O) groups is 1. The Kier molecular flexibility index (Phi) is 2.40. The molecular weight excluding hydrogens is 186 g/mol. The van der Waals surface area contributed by atoms with Crippen molar-refractivity contribution in [2.24, 2.45) is 0 Å². The molecule has 13 heavy (non-hydrogen) atoms. The zero-order valence-corrected chi connectivity index (χ0v) is 7.84. The van der Waals surface area contributed by atoms with E-state index in [1.807, 2.05) is 6.08 Å². The van der Waals surface area contributed by atoms with Gasteiger partial charge in [0, 0.05) is 5.38 Å². The molecule has 1 aliphatic rings. The Morgan fingerprint density at radius 1 is 1.62 bits per heavy atom. The first-order valence-electron chi connectivity index (χ1n) is 4.14. The van der Waals surface area contributed by atoms with Crippen LogP contribution in [0.1, 0.15) is 23.3 Å². The summed E-state index contributed by atoms with van der Waals surface area (Å²) >= 11 is 1.42. The Morgan fingerprint density at radius 3 is 3.15 bits per heavy atom. The number of allylic oxidation sites excluding steroid dienone is 2. The fourth-order valence-electron chi connectivity index (χ4n) is 1.17. The van der Waals surface area contributed by atoms with Crippen LogP contribution in [0.15, 0.2) is 22.7 Å². The summed E-state index contributed by atoms with van der Waals surface area (Å²) in [6.45, 7) is 0.641. The maximum absolute atomic E-state index is 11.6. The monoisotopic (exact) mass is 195 g/mol. The summed E-state index contributed by atoms with van der Waals surface area (Å²) in [7, 11) is 0. The van der Waals surface area contributed by atoms with Gasteiger partial charge in [0.2, 0.25) is 5.78 Å². The van der Waals surface area contributed by atoms with Gasteiger partial charge in [0.15, 0.2) is 5.76 Å². The summed E-state index contributed by atoms with van der Waals surface area (Å²) in [5.74, 6) is 0.359. The van der Waals surface area contributed by atoms with Gasteiger partial charge in [-0.1, -0.05) is 0 Å². The minimum Gasteiger partial charge on any atom is -0.490 e. The minimum absolute atomic E-state index is 0.0963. The molecule has 1 aliphatic heterocycles. The highest BCUT2D eigenvalue weighted by Crippen LogP contribution is 2.15. The smallest absolute Gasteiger partial charge is 0.246 e. The highest BCUT2D eigenvalue weighted by atomic mass is 32.1. The van der Waals surface area contributed by atoms with E-state index in [4.69, 9.17) is 4.74 Å². The molecule has 0 atom stereocenters. The number of nitrogens with zero attached hydrogens (tertiary/aromatic N) is 1. The number of aromatic nitrogens is 1. The van der Waals surface area contributed by atoms with Gasteiger partial charge >= 0.3 is 0 Å². The van der Waals surface area contributed by atoms with Crippen molar-refractivity contribution in [3.63, 3.8) is 0 Å². The van der Waals surface area contributed by atoms with Crippen molar-refractivity contribution in [2.45, 2.75) is 12.8 Å². The van der Waals surface area contributed by atoms with Crippen LogP contribution < -0.4 is 0 Å². The molecule has 0 aromatic carbocycles. The third-order valence-electron chi connectivity index (χ3n) is 1.82. The molecule has 0 saturated carbocycles. The van der Waals surface area contributed by atoms with Crippen molar-refractivity contribution in [1.82, 2.24) is 4.98 Å². The van der Waals surface area contributed by atoms with Crippen LogP contribution in [0.4, 0.5) is 0 Å². The minimum atomic E-state index is -0.0963. The first-order chi connectivity index (χ1) is 6.38. The molecule has 1 aromatic rings. The predicted octanol–water partition coefficient (Wildman–Crippen LogP) is 2.02. The van der Waals surface area contributed by atoms with Gasteiger partial charge in [-0.25, -0.2) is 4.98 Å². The lowest BCUT2D eigenvalue weighted by atomic mass is 10.2. The first-order valence-corrected chi connectivity index (χ1v) is 5.08. The Morgan fingerprint density at radius 2 is 2.54 bits per heavy atom. The first kappa shape index (κ1) is 8.44. The molecule has 0 aliphatic carbocycles. The number of ketones is 1. The molecule has 2 heterocycles. The van der Waals surface area contributed by atoms with E-state index in [1.165, 1.54) is 11.3 Å². The molecule has 4 heteroatoms. The van der Waals surface area contributed by atoms with Gasteiger partial charge in [-0.3, -0.25) is 4.79 Å². The zero-order chi connectivity index (χ0) is 9.10. The maximum Gasteiger partial charge on any atom is 0.246 e. The molecule has 1 aromatic heterocycles. The van der Waals surface area contributed by atoms with E-state index < -0.39 is 0 Å². The molecule has 2 rings (SSSR count). The van der Waals surface area contributed by atoms with Gasteiger partial charge in [0.25, 0.3) is 0 Å². The summed E-state index contributed by atoms with van der Waals surface area (Å²) < 4.78 is 5.24. The van der Waals surface area contributed by atoms with Crippen LogP contribution in [0.2, 0.25) is 0 Å². The van der Waals surface area contributed by atoms with Crippen LogP contribution in [-0.4, -0.2) is 17.4 Å². The molecular formula is C9H9NO2S. The van der Waals surface area contributed by atoms with Gasteiger partial charge in [0.1, 0.15) is 5.69 Å². The van der Waals surface area contributed by atoms with E-state index in [1.54, 1.807) is 10.9 Å². The molecule has 0 saturated heterocycles. The standard InChI is InChI=1S/C9H9NO2S/c11-9(7-5-13-6-10-7)8-3-1-2-4-12-8/h3,5-6H,1-2,4H2. The third-order valence-corrected chi connectivity index (χ3v) is 2.41. The van der Waals surface area contributed by atoms with Crippen molar-refractivity contribution in [3.05, 3.63) is 28.4 Å². The lowest BCUT2D eigenvalue weighted by molar-refractivity contribution is 0.0895. The molecule has 68 valence electrons. The number of ether oxygens (including phenoxy) is 1. The van der Waals surface area contributed by atoms with E-state index in [9.17, 15) is 4.79 Å². The lowest BCUT2D eigenvalue weighted by Gasteiger charge is -2.12. The number of Topliss-reactive ketones (excluding diaryl/α,β-unsaturated/α-hetero) is 1. The number of hydrogen-bond donors (Lipinski definition) is 0. The third kappa shape index (κ3) is 1.78. The average molecular weight is 195 g/mol. The molecule has 0 amide bonds. The fourth-order valence-corrected chi connectivity index (χ4v) is 1.70. The van der Waals surface area contributed by atoms with Gasteiger partial charge in [-0.05, 0) is 18.9 Å². The van der Waals surface area contributed by atoms with Crippen molar-refractivity contribution in [2.75, 3.05) is 6.61 Å². The summed E-state index contributed by atoms with van der Waals surface area (Å²) in [4.78, 5) is 15.6. The van der Waals surface area contributed by atoms with Gasteiger partial charge in [-0.2, -0.15) is 0 Å². The SMILES string of the molecule is O=C(C1=CCCCO1)c1cscn1. The van der Waals surface area contributed by atoms with E-state index in [-0.39, 0.29) is 5.78 Å². The second kappa shape index (κ2) is 3.70. The Bertz CT molecular complexity index is 329. The van der Waals surface area contributed by atoms with Crippen LogP contribution in [0.3, 0.4) is 0 Å². The highest BCUT2D eigenvalue weighted by molar-refractivity contribution is 7.07. The average Bonchev–Trinajstić information content (AvgIpc) is 2.71.